The molecule has 0 fully saturated rings. The molecular weight excluding hydrogens is 288 g/mol. The molecular formula is C19H18N2O2. The lowest BCUT2D eigenvalue weighted by molar-refractivity contribution is 0.564. The van der Waals surface area contributed by atoms with Gasteiger partial charge < -0.3 is 0 Å². The molecule has 0 atom stereocenters. The van der Waals surface area contributed by atoms with Crippen molar-refractivity contribution in [1.29, 1.82) is 0 Å². The van der Waals surface area contributed by atoms with E-state index in [4.69, 9.17) is 0 Å². The van der Waals surface area contributed by atoms with Crippen molar-refractivity contribution in [2.45, 2.75) is 34.1 Å². The number of benzene rings is 1. The number of aliphatic imine (C=N–C) groups is 2. The van der Waals surface area contributed by atoms with Gasteiger partial charge in [0.05, 0.1) is 11.4 Å². The summed E-state index contributed by atoms with van der Waals surface area (Å²) in [7, 11) is 0. The number of carbonyl (C=O) groups excluding carboxylic acids is 2. The summed E-state index contributed by atoms with van der Waals surface area (Å²) in [6.07, 6.45) is 8.08. The Kier molecular flexibility index (Phi) is 5.02. The first kappa shape index (κ1) is 16.6. The summed E-state index contributed by atoms with van der Waals surface area (Å²) in [6, 6.07) is 4.00. The van der Waals surface area contributed by atoms with Gasteiger partial charge in [0, 0.05) is 0 Å². The molecule has 0 saturated carbocycles. The Bertz CT molecular complexity index is 821. The van der Waals surface area contributed by atoms with Gasteiger partial charge in [-0.25, -0.2) is 9.59 Å². The number of nitrogens with zero attached hydrogens (tertiary/aromatic N) is 2. The molecule has 1 aromatic rings. The van der Waals surface area contributed by atoms with Gasteiger partial charge in [0.25, 0.3) is 0 Å². The monoisotopic (exact) mass is 306 g/mol. The fourth-order valence-electron chi connectivity index (χ4n) is 2.95. The first-order chi connectivity index (χ1) is 11.0. The van der Waals surface area contributed by atoms with Crippen molar-refractivity contribution in [3.05, 3.63) is 57.3 Å². The van der Waals surface area contributed by atoms with E-state index in [9.17, 15) is 9.59 Å². The second-order valence-corrected chi connectivity index (χ2v) is 5.76. The highest BCUT2D eigenvalue weighted by Gasteiger charge is 2.13. The van der Waals surface area contributed by atoms with E-state index in [1.807, 2.05) is 45.9 Å². The van der Waals surface area contributed by atoms with Crippen molar-refractivity contribution in [3.63, 3.8) is 0 Å². The third-order valence-corrected chi connectivity index (χ3v) is 3.83. The van der Waals surface area contributed by atoms with Gasteiger partial charge in [-0.15, -0.1) is 0 Å². The summed E-state index contributed by atoms with van der Waals surface area (Å²) >= 11 is 0. The van der Waals surface area contributed by atoms with Crippen molar-refractivity contribution in [2.75, 3.05) is 0 Å². The molecule has 0 radical (unpaired) electrons. The van der Waals surface area contributed by atoms with E-state index >= 15 is 0 Å². The lowest BCUT2D eigenvalue weighted by Crippen LogP contribution is -1.98. The van der Waals surface area contributed by atoms with Crippen molar-refractivity contribution in [2.24, 2.45) is 9.98 Å². The summed E-state index contributed by atoms with van der Waals surface area (Å²) in [5, 5.41) is 0. The predicted octanol–water partition coefficient (Wildman–Crippen LogP) is 4.61. The largest absolute Gasteiger partial charge is 0.240 e. The molecule has 0 bridgehead atoms. The van der Waals surface area contributed by atoms with Crippen LogP contribution in [-0.2, 0) is 9.59 Å². The Morgan fingerprint density at radius 1 is 1.00 bits per heavy atom. The Balaban J connectivity index is 2.42. The molecule has 0 spiro atoms. The SMILES string of the molecule is CC1=C/C(=C\c2cc(C)c(N=C=O)c(C)c2)CC(C)=C1N=C=O. The van der Waals surface area contributed by atoms with Crippen LogP contribution in [0.4, 0.5) is 5.69 Å². The first-order valence-corrected chi connectivity index (χ1v) is 7.32. The minimum atomic E-state index is 0.677. The van der Waals surface area contributed by atoms with Gasteiger partial charge in [-0.3, -0.25) is 0 Å². The van der Waals surface area contributed by atoms with Crippen LogP contribution in [0.25, 0.3) is 6.08 Å². The normalized spacial score (nSPS) is 15.8. The lowest BCUT2D eigenvalue weighted by Gasteiger charge is -2.15. The third kappa shape index (κ3) is 3.70. The van der Waals surface area contributed by atoms with E-state index in [1.54, 1.807) is 12.2 Å². The van der Waals surface area contributed by atoms with E-state index in [1.165, 1.54) is 0 Å². The molecule has 1 aliphatic rings. The standard InChI is InChI=1S/C19H18N2O2/c1-12-5-16(6-13(2)18(12)20-10-22)9-17-7-14(3)19(21-11-23)15(4)8-17/h5-7,9H,8H2,1-4H3/b17-9+. The number of hydrogen-bond donors (Lipinski definition) is 0. The molecule has 0 aromatic heterocycles. The summed E-state index contributed by atoms with van der Waals surface area (Å²) in [6.45, 7) is 7.76. The maximum absolute atomic E-state index is 10.5. The maximum Gasteiger partial charge on any atom is 0.240 e. The predicted molar refractivity (Wildman–Crippen MR) is 90.9 cm³/mol. The minimum Gasteiger partial charge on any atom is -0.211 e. The molecule has 116 valence electrons. The van der Waals surface area contributed by atoms with Gasteiger partial charge in [-0.1, -0.05) is 12.2 Å². The number of aryl methyl sites for hydroxylation is 2. The number of isocyanates is 2. The Morgan fingerprint density at radius 2 is 1.61 bits per heavy atom. The van der Waals surface area contributed by atoms with Crippen LogP contribution in [0.5, 0.6) is 0 Å². The average Bonchev–Trinajstić information content (AvgIpc) is 2.47. The Morgan fingerprint density at radius 3 is 2.13 bits per heavy atom. The summed E-state index contributed by atoms with van der Waals surface area (Å²) < 4.78 is 0. The van der Waals surface area contributed by atoms with E-state index < -0.39 is 0 Å². The van der Waals surface area contributed by atoms with Crippen LogP contribution in [0.2, 0.25) is 0 Å². The fourth-order valence-corrected chi connectivity index (χ4v) is 2.95. The maximum atomic E-state index is 10.5. The van der Waals surface area contributed by atoms with Crippen molar-refractivity contribution < 1.29 is 9.59 Å². The van der Waals surface area contributed by atoms with E-state index in [0.717, 1.165) is 45.5 Å². The molecule has 4 nitrogen and oxygen atoms in total. The van der Waals surface area contributed by atoms with Gasteiger partial charge in [0.1, 0.15) is 0 Å². The lowest BCUT2D eigenvalue weighted by atomic mass is 9.92. The van der Waals surface area contributed by atoms with Crippen LogP contribution in [0, 0.1) is 13.8 Å². The van der Waals surface area contributed by atoms with Gasteiger partial charge in [-0.2, -0.15) is 9.98 Å². The number of hydrogen-bond acceptors (Lipinski definition) is 4. The topological polar surface area (TPSA) is 58.9 Å². The molecule has 0 saturated heterocycles. The van der Waals surface area contributed by atoms with E-state index in [2.05, 4.69) is 16.1 Å². The van der Waals surface area contributed by atoms with E-state index in [0.29, 0.717) is 5.69 Å². The highest BCUT2D eigenvalue weighted by molar-refractivity contribution is 5.67. The molecule has 1 aliphatic carbocycles. The average molecular weight is 306 g/mol. The molecule has 0 amide bonds. The zero-order valence-corrected chi connectivity index (χ0v) is 13.7. The molecule has 0 aliphatic heterocycles. The van der Waals surface area contributed by atoms with Gasteiger partial charge in [0.2, 0.25) is 12.2 Å². The van der Waals surface area contributed by atoms with Gasteiger partial charge >= 0.3 is 0 Å². The number of allylic oxidation sites excluding steroid dienone is 4. The molecule has 0 heterocycles. The van der Waals surface area contributed by atoms with Gasteiger partial charge in [0.15, 0.2) is 0 Å². The molecule has 1 aromatic carbocycles. The minimum absolute atomic E-state index is 0.677. The molecule has 4 heteroatoms. The van der Waals surface area contributed by atoms with E-state index in [-0.39, 0.29) is 0 Å². The third-order valence-electron chi connectivity index (χ3n) is 3.83. The fraction of sp³-hybridized carbons (Fsp3) is 0.263. The molecule has 2 rings (SSSR count). The molecule has 23 heavy (non-hydrogen) atoms. The zero-order valence-electron chi connectivity index (χ0n) is 13.7. The smallest absolute Gasteiger partial charge is 0.211 e. The summed E-state index contributed by atoms with van der Waals surface area (Å²) in [4.78, 5) is 28.5. The first-order valence-electron chi connectivity index (χ1n) is 7.32. The van der Waals surface area contributed by atoms with Crippen LogP contribution in [0.1, 0.15) is 37.0 Å². The van der Waals surface area contributed by atoms with Crippen LogP contribution < -0.4 is 0 Å². The Hall–Kier alpha value is -2.80. The van der Waals surface area contributed by atoms with Crippen molar-refractivity contribution in [3.8, 4) is 0 Å². The summed E-state index contributed by atoms with van der Waals surface area (Å²) in [5.41, 5.74) is 7.49. The Labute approximate surface area is 135 Å². The highest BCUT2D eigenvalue weighted by atomic mass is 16.1. The second-order valence-electron chi connectivity index (χ2n) is 5.76. The second kappa shape index (κ2) is 6.97. The molecule has 0 N–H and O–H groups in total. The quantitative estimate of drug-likeness (QED) is 0.604. The van der Waals surface area contributed by atoms with Crippen molar-refractivity contribution >= 4 is 23.9 Å². The van der Waals surface area contributed by atoms with Gasteiger partial charge in [-0.05, 0) is 79.7 Å². The highest BCUT2D eigenvalue weighted by Crippen LogP contribution is 2.31. The van der Waals surface area contributed by atoms with Crippen LogP contribution in [-0.4, -0.2) is 12.2 Å². The van der Waals surface area contributed by atoms with Crippen LogP contribution in [0.15, 0.2) is 50.6 Å². The molecule has 0 unspecified atom stereocenters. The van der Waals surface area contributed by atoms with Crippen LogP contribution >= 0.6 is 0 Å². The van der Waals surface area contributed by atoms with Crippen molar-refractivity contribution in [1.82, 2.24) is 0 Å². The summed E-state index contributed by atoms with van der Waals surface area (Å²) in [5.74, 6) is 0. The zero-order chi connectivity index (χ0) is 17.0. The number of rotatable bonds is 3. The van der Waals surface area contributed by atoms with Crippen LogP contribution in [0.3, 0.4) is 0 Å².